The van der Waals surface area contributed by atoms with Crippen molar-refractivity contribution in [2.24, 2.45) is 34.5 Å². The number of ketones is 1. The monoisotopic (exact) mass is 398 g/mol. The van der Waals surface area contributed by atoms with Gasteiger partial charge in [-0.2, -0.15) is 0 Å². The van der Waals surface area contributed by atoms with Gasteiger partial charge in [0.25, 0.3) is 0 Å². The van der Waals surface area contributed by atoms with Crippen LogP contribution in [0.2, 0.25) is 0 Å². The molecule has 7 heteroatoms. The van der Waals surface area contributed by atoms with Gasteiger partial charge in [-0.3, -0.25) is 4.79 Å². The number of hydrogen-bond donors (Lipinski definition) is 6. The van der Waals surface area contributed by atoms with E-state index in [0.29, 0.717) is 12.8 Å². The summed E-state index contributed by atoms with van der Waals surface area (Å²) in [5, 5.41) is 62.8. The van der Waals surface area contributed by atoms with Crippen molar-refractivity contribution in [3.05, 3.63) is 0 Å². The van der Waals surface area contributed by atoms with Crippen LogP contribution in [0.1, 0.15) is 58.8 Å². The van der Waals surface area contributed by atoms with E-state index in [4.69, 9.17) is 0 Å². The molecule has 0 spiro atoms. The van der Waals surface area contributed by atoms with Gasteiger partial charge in [-0.05, 0) is 61.2 Å². The van der Waals surface area contributed by atoms with Gasteiger partial charge in [0, 0.05) is 18.3 Å². The van der Waals surface area contributed by atoms with Gasteiger partial charge in [0.2, 0.25) is 0 Å². The van der Waals surface area contributed by atoms with Crippen molar-refractivity contribution in [2.75, 3.05) is 6.61 Å². The molecule has 4 saturated carbocycles. The molecule has 7 nitrogen and oxygen atoms in total. The Hall–Kier alpha value is -0.570. The van der Waals surface area contributed by atoms with E-state index in [1.54, 1.807) is 6.92 Å². The van der Waals surface area contributed by atoms with Crippen LogP contribution in [0.15, 0.2) is 0 Å². The number of fused-ring (bicyclic) bond motifs is 5. The van der Waals surface area contributed by atoms with Gasteiger partial charge in [-0.1, -0.05) is 13.8 Å². The zero-order chi connectivity index (χ0) is 20.7. The zero-order valence-corrected chi connectivity index (χ0v) is 16.7. The summed E-state index contributed by atoms with van der Waals surface area (Å²) in [5.41, 5.74) is -3.29. The summed E-state index contributed by atoms with van der Waals surface area (Å²) < 4.78 is 0. The Labute approximate surface area is 165 Å². The molecule has 0 aromatic carbocycles. The first kappa shape index (κ1) is 20.7. The molecule has 160 valence electrons. The maximum absolute atomic E-state index is 12.4. The smallest absolute Gasteiger partial charge is 0.192 e. The van der Waals surface area contributed by atoms with Gasteiger partial charge < -0.3 is 30.6 Å². The van der Waals surface area contributed by atoms with Gasteiger partial charge in [-0.15, -0.1) is 0 Å². The Balaban J connectivity index is 1.71. The van der Waals surface area contributed by atoms with Crippen LogP contribution in [0.25, 0.3) is 0 Å². The number of aliphatic hydroxyl groups excluding tert-OH is 3. The maximum atomic E-state index is 12.4. The van der Waals surface area contributed by atoms with E-state index in [9.17, 15) is 35.4 Å². The molecule has 1 unspecified atom stereocenters. The van der Waals surface area contributed by atoms with Gasteiger partial charge in [0.05, 0.1) is 12.2 Å². The minimum absolute atomic E-state index is 0.0371. The standard InChI is InChI=1S/C21H34O7/c1-18-5-6-20(26,27)8-11(18)3-4-12-13-7-15(24)21(28,16(25)10-22)19(13,2)9-14(23)17(12)18/h11-15,17,22-24,26-28H,3-10H2,1-2H3/t11?,12-,13-,14-,15+,17+,18-,19-,21+/m0/s1. The van der Waals surface area contributed by atoms with Gasteiger partial charge in [0.1, 0.15) is 6.61 Å². The third-order valence-corrected chi connectivity index (χ3v) is 9.42. The summed E-state index contributed by atoms with van der Waals surface area (Å²) >= 11 is 0. The first-order valence-electron chi connectivity index (χ1n) is 10.6. The summed E-state index contributed by atoms with van der Waals surface area (Å²) in [4.78, 5) is 12.4. The minimum Gasteiger partial charge on any atom is -0.393 e. The lowest BCUT2D eigenvalue weighted by Crippen LogP contribution is -2.65. The predicted octanol–water partition coefficient (Wildman–Crippen LogP) is -0.0559. The van der Waals surface area contributed by atoms with Crippen molar-refractivity contribution in [1.29, 1.82) is 0 Å². The second kappa shape index (κ2) is 6.22. The first-order chi connectivity index (χ1) is 12.9. The van der Waals surface area contributed by atoms with E-state index in [1.165, 1.54) is 0 Å². The molecule has 0 aliphatic heterocycles. The molecular formula is C21H34O7. The first-order valence-corrected chi connectivity index (χ1v) is 10.6. The van der Waals surface area contributed by atoms with Crippen LogP contribution in [-0.4, -0.2) is 66.6 Å². The van der Waals surface area contributed by atoms with E-state index in [0.717, 1.165) is 12.8 Å². The highest BCUT2D eigenvalue weighted by molar-refractivity contribution is 5.90. The van der Waals surface area contributed by atoms with Gasteiger partial charge in [0.15, 0.2) is 17.2 Å². The molecule has 6 N–H and O–H groups in total. The highest BCUT2D eigenvalue weighted by Crippen LogP contribution is 2.68. The lowest BCUT2D eigenvalue weighted by Gasteiger charge is -2.63. The third-order valence-electron chi connectivity index (χ3n) is 9.42. The molecule has 4 fully saturated rings. The largest absolute Gasteiger partial charge is 0.393 e. The van der Waals surface area contributed by atoms with Crippen molar-refractivity contribution in [3.8, 4) is 0 Å². The molecule has 4 aliphatic rings. The van der Waals surface area contributed by atoms with Crippen molar-refractivity contribution < 1.29 is 35.4 Å². The van der Waals surface area contributed by atoms with Crippen LogP contribution in [0.5, 0.6) is 0 Å². The summed E-state index contributed by atoms with van der Waals surface area (Å²) in [7, 11) is 0. The van der Waals surface area contributed by atoms with E-state index < -0.39 is 41.4 Å². The minimum atomic E-state index is -2.05. The summed E-state index contributed by atoms with van der Waals surface area (Å²) in [5.74, 6) is -2.50. The number of carbonyl (C=O) groups excluding carboxylic acids is 1. The van der Waals surface area contributed by atoms with E-state index >= 15 is 0 Å². The van der Waals surface area contributed by atoms with Gasteiger partial charge in [-0.25, -0.2) is 0 Å². The van der Waals surface area contributed by atoms with Crippen LogP contribution in [0, 0.1) is 34.5 Å². The summed E-state index contributed by atoms with van der Waals surface area (Å²) in [6, 6.07) is 0. The molecule has 0 saturated heterocycles. The lowest BCUT2D eigenvalue weighted by molar-refractivity contribution is -0.250. The van der Waals surface area contributed by atoms with E-state index in [2.05, 4.69) is 6.92 Å². The van der Waals surface area contributed by atoms with Crippen molar-refractivity contribution in [2.45, 2.75) is 82.4 Å². The number of hydrogen-bond acceptors (Lipinski definition) is 7. The molecule has 0 aromatic heterocycles. The molecule has 0 bridgehead atoms. The number of carbonyl (C=O) groups is 1. The fourth-order valence-corrected chi connectivity index (χ4v) is 7.99. The number of Topliss-reactive ketones (excluding diaryl/α,β-unsaturated/α-hetero) is 1. The molecule has 28 heavy (non-hydrogen) atoms. The average Bonchev–Trinajstić information content (AvgIpc) is 2.82. The van der Waals surface area contributed by atoms with Crippen LogP contribution in [0.3, 0.4) is 0 Å². The molecule has 0 radical (unpaired) electrons. The molecule has 0 amide bonds. The van der Waals surface area contributed by atoms with Crippen molar-refractivity contribution in [3.63, 3.8) is 0 Å². The van der Waals surface area contributed by atoms with Crippen LogP contribution >= 0.6 is 0 Å². The molecule has 0 aromatic rings. The predicted molar refractivity (Wildman–Crippen MR) is 98.7 cm³/mol. The second-order valence-corrected chi connectivity index (χ2v) is 10.6. The van der Waals surface area contributed by atoms with E-state index in [1.807, 2.05) is 0 Å². The van der Waals surface area contributed by atoms with E-state index in [-0.39, 0.29) is 48.3 Å². The highest BCUT2D eigenvalue weighted by atomic mass is 16.5. The Morgan fingerprint density at radius 2 is 1.71 bits per heavy atom. The zero-order valence-electron chi connectivity index (χ0n) is 16.7. The Bertz CT molecular complexity index is 665. The average molecular weight is 398 g/mol. The molecular weight excluding hydrogens is 364 g/mol. The SMILES string of the molecule is C[C@]12CCC(O)(O)CC1CC[C@@H]1[C@@H]2[C@@H](O)C[C@@]2(C)[C@H]1C[C@@H](O)[C@@]2(O)C(=O)CO. The second-order valence-electron chi connectivity index (χ2n) is 10.6. The topological polar surface area (TPSA) is 138 Å². The Kier molecular flexibility index (Phi) is 4.60. The molecule has 4 rings (SSSR count). The maximum Gasteiger partial charge on any atom is 0.192 e. The highest BCUT2D eigenvalue weighted by Gasteiger charge is 2.72. The summed E-state index contributed by atoms with van der Waals surface area (Å²) in [6.45, 7) is 3.06. The van der Waals surface area contributed by atoms with Crippen molar-refractivity contribution in [1.82, 2.24) is 0 Å². The molecule has 9 atom stereocenters. The third kappa shape index (κ3) is 2.47. The fraction of sp³-hybridized carbons (Fsp3) is 0.952. The number of aliphatic hydroxyl groups is 6. The normalized spacial score (nSPS) is 55.1. The number of rotatable bonds is 2. The molecule has 4 aliphatic carbocycles. The Morgan fingerprint density at radius 1 is 1.04 bits per heavy atom. The fourth-order valence-electron chi connectivity index (χ4n) is 7.99. The van der Waals surface area contributed by atoms with Crippen LogP contribution in [0.4, 0.5) is 0 Å². The van der Waals surface area contributed by atoms with Gasteiger partial charge >= 0.3 is 0 Å². The summed E-state index contributed by atoms with van der Waals surface area (Å²) in [6.07, 6.45) is 1.18. The lowest BCUT2D eigenvalue weighted by atomic mass is 9.43. The van der Waals surface area contributed by atoms with Crippen LogP contribution < -0.4 is 0 Å². The van der Waals surface area contributed by atoms with Crippen LogP contribution in [-0.2, 0) is 4.79 Å². The Morgan fingerprint density at radius 3 is 2.36 bits per heavy atom. The quantitative estimate of drug-likeness (QED) is 0.358. The van der Waals surface area contributed by atoms with Crippen molar-refractivity contribution >= 4 is 5.78 Å². The molecule has 0 heterocycles.